The van der Waals surface area contributed by atoms with Crippen molar-refractivity contribution in [1.29, 1.82) is 0 Å². The molecular formula is C30H35NO3. The van der Waals surface area contributed by atoms with E-state index in [1.165, 1.54) is 56.4 Å². The molecule has 3 aromatic rings. The van der Waals surface area contributed by atoms with Gasteiger partial charge in [0, 0.05) is 23.5 Å². The van der Waals surface area contributed by atoms with Gasteiger partial charge in [-0.1, -0.05) is 55.0 Å². The van der Waals surface area contributed by atoms with Crippen molar-refractivity contribution in [2.75, 3.05) is 32.8 Å². The van der Waals surface area contributed by atoms with Crippen LogP contribution in [0.4, 0.5) is 0 Å². The average molecular weight is 458 g/mol. The van der Waals surface area contributed by atoms with Crippen LogP contribution in [0, 0.1) is 0 Å². The molecule has 0 aliphatic carbocycles. The number of benzene rings is 3. The summed E-state index contributed by atoms with van der Waals surface area (Å²) < 4.78 is 12.1. The monoisotopic (exact) mass is 457 g/mol. The minimum Gasteiger partial charge on any atom is -0.508 e. The first-order valence-electron chi connectivity index (χ1n) is 12.7. The Labute approximate surface area is 203 Å². The predicted molar refractivity (Wildman–Crippen MR) is 136 cm³/mol. The zero-order valence-electron chi connectivity index (χ0n) is 19.9. The first-order chi connectivity index (χ1) is 16.8. The second kappa shape index (κ2) is 11.0. The van der Waals surface area contributed by atoms with Gasteiger partial charge in [-0.05, 0) is 74.6 Å². The molecule has 2 heterocycles. The molecule has 2 aliphatic rings. The summed E-state index contributed by atoms with van der Waals surface area (Å²) in [5, 5.41) is 9.96. The lowest BCUT2D eigenvalue weighted by Crippen LogP contribution is -2.30. The zero-order chi connectivity index (χ0) is 23.2. The minimum atomic E-state index is 0.158. The highest BCUT2D eigenvalue weighted by Crippen LogP contribution is 2.47. The van der Waals surface area contributed by atoms with Gasteiger partial charge in [-0.15, -0.1) is 0 Å². The van der Waals surface area contributed by atoms with Gasteiger partial charge < -0.3 is 19.5 Å². The fraction of sp³-hybridized carbons (Fsp3) is 0.400. The fourth-order valence-corrected chi connectivity index (χ4v) is 5.38. The molecule has 1 fully saturated rings. The second-order valence-corrected chi connectivity index (χ2v) is 9.55. The highest BCUT2D eigenvalue weighted by atomic mass is 16.5. The first-order valence-corrected chi connectivity index (χ1v) is 12.7. The van der Waals surface area contributed by atoms with Gasteiger partial charge in [-0.3, -0.25) is 0 Å². The number of rotatable bonds is 8. The molecule has 1 N–H and O–H groups in total. The Morgan fingerprint density at radius 3 is 2.44 bits per heavy atom. The number of phenols is 1. The molecule has 0 saturated carbocycles. The zero-order valence-corrected chi connectivity index (χ0v) is 19.9. The lowest BCUT2D eigenvalue weighted by atomic mass is 9.76. The summed E-state index contributed by atoms with van der Waals surface area (Å²) in [6.45, 7) is 5.07. The smallest absolute Gasteiger partial charge is 0.126 e. The molecule has 2 aliphatic heterocycles. The Morgan fingerprint density at radius 2 is 1.65 bits per heavy atom. The summed E-state index contributed by atoms with van der Waals surface area (Å²) in [6, 6.07) is 24.6. The number of hydrogen-bond donors (Lipinski definition) is 1. The number of piperidine rings is 1. The molecule has 5 rings (SSSR count). The fourth-order valence-electron chi connectivity index (χ4n) is 5.38. The molecular weight excluding hydrogens is 422 g/mol. The van der Waals surface area contributed by atoms with Crippen LogP contribution in [0.3, 0.4) is 0 Å². The maximum Gasteiger partial charge on any atom is 0.126 e. The SMILES string of the molecule is Oc1ccc2c(c1)OCC(c1ccccc1)C2c1ccc(OCCCCN2CCCCC2)cc1. The lowest BCUT2D eigenvalue weighted by Gasteiger charge is -2.34. The third-order valence-corrected chi connectivity index (χ3v) is 7.21. The maximum absolute atomic E-state index is 9.96. The summed E-state index contributed by atoms with van der Waals surface area (Å²) in [7, 11) is 0. The first kappa shape index (κ1) is 22.8. The Morgan fingerprint density at radius 1 is 0.853 bits per heavy atom. The number of unbranched alkanes of at least 4 members (excludes halogenated alkanes) is 1. The van der Waals surface area contributed by atoms with Crippen LogP contribution in [-0.2, 0) is 0 Å². The molecule has 2 atom stereocenters. The maximum atomic E-state index is 9.96. The van der Waals surface area contributed by atoms with Crippen molar-refractivity contribution < 1.29 is 14.6 Å². The molecule has 4 nitrogen and oxygen atoms in total. The van der Waals surface area contributed by atoms with E-state index in [0.717, 1.165) is 30.1 Å². The topological polar surface area (TPSA) is 41.9 Å². The third-order valence-electron chi connectivity index (χ3n) is 7.21. The number of aromatic hydroxyl groups is 1. The largest absolute Gasteiger partial charge is 0.508 e. The van der Waals surface area contributed by atoms with E-state index >= 15 is 0 Å². The normalized spacial score (nSPS) is 20.4. The van der Waals surface area contributed by atoms with E-state index in [2.05, 4.69) is 53.4 Å². The van der Waals surface area contributed by atoms with E-state index in [1.807, 2.05) is 12.1 Å². The molecule has 2 unspecified atom stereocenters. The number of likely N-dealkylation sites (tertiary alicyclic amines) is 1. The van der Waals surface area contributed by atoms with Gasteiger partial charge >= 0.3 is 0 Å². The van der Waals surface area contributed by atoms with Crippen LogP contribution in [0.15, 0.2) is 72.8 Å². The summed E-state index contributed by atoms with van der Waals surface area (Å²) in [5.74, 6) is 2.30. The molecule has 0 spiro atoms. The Hall–Kier alpha value is -2.98. The van der Waals surface area contributed by atoms with E-state index < -0.39 is 0 Å². The number of hydrogen-bond acceptors (Lipinski definition) is 4. The highest BCUT2D eigenvalue weighted by Gasteiger charge is 2.33. The van der Waals surface area contributed by atoms with E-state index in [4.69, 9.17) is 9.47 Å². The lowest BCUT2D eigenvalue weighted by molar-refractivity contribution is 0.216. The van der Waals surface area contributed by atoms with Gasteiger partial charge in [0.1, 0.15) is 17.2 Å². The van der Waals surface area contributed by atoms with Crippen LogP contribution in [-0.4, -0.2) is 42.9 Å². The Bertz CT molecular complexity index is 1040. The second-order valence-electron chi connectivity index (χ2n) is 9.55. The van der Waals surface area contributed by atoms with Gasteiger partial charge in [-0.2, -0.15) is 0 Å². The van der Waals surface area contributed by atoms with Gasteiger partial charge in [0.2, 0.25) is 0 Å². The van der Waals surface area contributed by atoms with Crippen molar-refractivity contribution in [1.82, 2.24) is 4.90 Å². The number of phenolic OH excluding ortho intramolecular Hbond substituents is 1. The van der Waals surface area contributed by atoms with E-state index in [9.17, 15) is 5.11 Å². The molecule has 178 valence electrons. The van der Waals surface area contributed by atoms with Gasteiger partial charge in [0.25, 0.3) is 0 Å². The number of ether oxygens (including phenoxy) is 2. The quantitative estimate of drug-likeness (QED) is 0.401. The van der Waals surface area contributed by atoms with Crippen molar-refractivity contribution in [2.45, 2.75) is 43.9 Å². The van der Waals surface area contributed by atoms with Crippen LogP contribution >= 0.6 is 0 Å². The molecule has 0 aromatic heterocycles. The van der Waals surface area contributed by atoms with Crippen molar-refractivity contribution in [2.24, 2.45) is 0 Å². The van der Waals surface area contributed by atoms with Crippen molar-refractivity contribution in [3.63, 3.8) is 0 Å². The summed E-state index contributed by atoms with van der Waals surface area (Å²) >= 11 is 0. The average Bonchev–Trinajstić information content (AvgIpc) is 2.89. The van der Waals surface area contributed by atoms with E-state index in [1.54, 1.807) is 12.1 Å². The molecule has 0 radical (unpaired) electrons. The van der Waals surface area contributed by atoms with Crippen LogP contribution < -0.4 is 9.47 Å². The van der Waals surface area contributed by atoms with Crippen LogP contribution in [0.2, 0.25) is 0 Å². The van der Waals surface area contributed by atoms with Crippen molar-refractivity contribution >= 4 is 0 Å². The predicted octanol–water partition coefficient (Wildman–Crippen LogP) is 6.35. The summed E-state index contributed by atoms with van der Waals surface area (Å²) in [4.78, 5) is 2.59. The molecule has 4 heteroatoms. The van der Waals surface area contributed by atoms with Crippen molar-refractivity contribution in [3.05, 3.63) is 89.5 Å². The molecule has 1 saturated heterocycles. The number of fused-ring (bicyclic) bond motifs is 1. The van der Waals surface area contributed by atoms with Crippen molar-refractivity contribution in [3.8, 4) is 17.2 Å². The molecule has 0 bridgehead atoms. The Kier molecular flexibility index (Phi) is 7.35. The molecule has 0 amide bonds. The van der Waals surface area contributed by atoms with Crippen LogP contribution in [0.25, 0.3) is 0 Å². The van der Waals surface area contributed by atoms with E-state index in [-0.39, 0.29) is 17.6 Å². The standard InChI is InChI=1S/C30H35NO3/c32-25-13-16-27-29(21-25)34-22-28(23-9-3-1-4-10-23)30(27)24-11-14-26(15-12-24)33-20-8-7-19-31-17-5-2-6-18-31/h1,3-4,9-16,21,28,30,32H,2,5-8,17-20,22H2. The van der Waals surface area contributed by atoms with Gasteiger partial charge in [0.05, 0.1) is 13.2 Å². The summed E-state index contributed by atoms with van der Waals surface area (Å²) in [5.41, 5.74) is 3.62. The Balaban J connectivity index is 1.25. The number of nitrogens with zero attached hydrogens (tertiary/aromatic N) is 1. The molecule has 34 heavy (non-hydrogen) atoms. The third kappa shape index (κ3) is 5.39. The van der Waals surface area contributed by atoms with Crippen LogP contribution in [0.5, 0.6) is 17.2 Å². The van der Waals surface area contributed by atoms with Gasteiger partial charge in [-0.25, -0.2) is 0 Å². The van der Waals surface area contributed by atoms with E-state index in [0.29, 0.717) is 6.61 Å². The molecule has 3 aromatic carbocycles. The summed E-state index contributed by atoms with van der Waals surface area (Å²) in [6.07, 6.45) is 6.39. The van der Waals surface area contributed by atoms with Crippen LogP contribution in [0.1, 0.15) is 60.6 Å². The van der Waals surface area contributed by atoms with Gasteiger partial charge in [0.15, 0.2) is 0 Å². The minimum absolute atomic E-state index is 0.158. The highest BCUT2D eigenvalue weighted by molar-refractivity contribution is 5.50.